The van der Waals surface area contributed by atoms with Crippen molar-refractivity contribution >= 4 is 11.9 Å². The molecule has 0 fully saturated rings. The van der Waals surface area contributed by atoms with Crippen LogP contribution in [0.1, 0.15) is 38.8 Å². The number of carbonyl (C=O) groups excluding carboxylic acids is 1. The summed E-state index contributed by atoms with van der Waals surface area (Å²) in [5, 5.41) is 12.1. The molecule has 20 heavy (non-hydrogen) atoms. The topological polar surface area (TPSA) is 79.3 Å². The van der Waals surface area contributed by atoms with Crippen molar-refractivity contribution in [2.45, 2.75) is 39.5 Å². The van der Waals surface area contributed by atoms with Crippen molar-refractivity contribution in [1.29, 1.82) is 0 Å². The van der Waals surface area contributed by atoms with Gasteiger partial charge in [0.1, 0.15) is 0 Å². The Labute approximate surface area is 119 Å². The highest BCUT2D eigenvalue weighted by atomic mass is 16.4. The third-order valence-electron chi connectivity index (χ3n) is 3.74. The van der Waals surface area contributed by atoms with E-state index in [1.807, 2.05) is 18.2 Å². The van der Waals surface area contributed by atoms with Crippen LogP contribution in [0, 0.1) is 5.41 Å². The van der Waals surface area contributed by atoms with Crippen molar-refractivity contribution in [1.82, 2.24) is 10.3 Å². The fourth-order valence-corrected chi connectivity index (χ4v) is 2.12. The smallest absolute Gasteiger partial charge is 0.310 e. The molecule has 2 N–H and O–H groups in total. The van der Waals surface area contributed by atoms with E-state index in [1.165, 1.54) is 0 Å². The van der Waals surface area contributed by atoms with Gasteiger partial charge in [-0.05, 0) is 25.0 Å². The van der Waals surface area contributed by atoms with Crippen molar-refractivity contribution in [3.05, 3.63) is 30.1 Å². The zero-order chi connectivity index (χ0) is 15.0. The van der Waals surface area contributed by atoms with Gasteiger partial charge in [-0.25, -0.2) is 0 Å². The second-order valence-corrected chi connectivity index (χ2v) is 4.89. The summed E-state index contributed by atoms with van der Waals surface area (Å²) in [4.78, 5) is 27.4. The average Bonchev–Trinajstić information content (AvgIpc) is 2.45. The summed E-state index contributed by atoms with van der Waals surface area (Å²) in [6.07, 6.45) is 3.28. The first-order valence-corrected chi connectivity index (χ1v) is 6.94. The van der Waals surface area contributed by atoms with E-state index in [2.05, 4.69) is 10.3 Å². The van der Waals surface area contributed by atoms with E-state index in [1.54, 1.807) is 20.0 Å². The van der Waals surface area contributed by atoms with E-state index >= 15 is 0 Å². The van der Waals surface area contributed by atoms with Crippen LogP contribution >= 0.6 is 0 Å². The van der Waals surface area contributed by atoms with Crippen LogP contribution in [0.3, 0.4) is 0 Å². The largest absolute Gasteiger partial charge is 0.481 e. The van der Waals surface area contributed by atoms with Gasteiger partial charge in [0, 0.05) is 31.3 Å². The molecular formula is C15H22N2O3. The van der Waals surface area contributed by atoms with Crippen molar-refractivity contribution < 1.29 is 14.7 Å². The summed E-state index contributed by atoms with van der Waals surface area (Å²) >= 11 is 0. The first-order valence-electron chi connectivity index (χ1n) is 6.94. The molecule has 5 nitrogen and oxygen atoms in total. The Balaban J connectivity index is 2.45. The minimum absolute atomic E-state index is 0.0253. The molecule has 0 atom stereocenters. The minimum Gasteiger partial charge on any atom is -0.481 e. The van der Waals surface area contributed by atoms with E-state index in [9.17, 15) is 14.7 Å². The van der Waals surface area contributed by atoms with Crippen LogP contribution in [0.25, 0.3) is 0 Å². The Morgan fingerprint density at radius 3 is 2.50 bits per heavy atom. The highest BCUT2D eigenvalue weighted by Gasteiger charge is 2.36. The first-order chi connectivity index (χ1) is 9.54. The number of amides is 1. The van der Waals surface area contributed by atoms with Crippen LogP contribution in [0.15, 0.2) is 24.4 Å². The maximum absolute atomic E-state index is 11.9. The highest BCUT2D eigenvalue weighted by molar-refractivity contribution is 5.84. The Morgan fingerprint density at radius 2 is 2.00 bits per heavy atom. The molecule has 0 aliphatic heterocycles. The number of aromatic nitrogens is 1. The quantitative estimate of drug-likeness (QED) is 0.762. The van der Waals surface area contributed by atoms with Gasteiger partial charge in [0.05, 0.1) is 5.41 Å². The molecule has 0 spiro atoms. The van der Waals surface area contributed by atoms with E-state index in [4.69, 9.17) is 0 Å². The van der Waals surface area contributed by atoms with Crippen LogP contribution < -0.4 is 5.32 Å². The number of nitrogens with one attached hydrogen (secondary N) is 1. The maximum Gasteiger partial charge on any atom is 0.310 e. The van der Waals surface area contributed by atoms with Gasteiger partial charge in [-0.2, -0.15) is 0 Å². The zero-order valence-electron chi connectivity index (χ0n) is 12.1. The van der Waals surface area contributed by atoms with Gasteiger partial charge in [-0.3, -0.25) is 14.6 Å². The average molecular weight is 278 g/mol. The lowest BCUT2D eigenvalue weighted by molar-refractivity contribution is -0.152. The van der Waals surface area contributed by atoms with Gasteiger partial charge in [-0.15, -0.1) is 0 Å². The van der Waals surface area contributed by atoms with Gasteiger partial charge >= 0.3 is 5.97 Å². The molecule has 1 aromatic heterocycles. The summed E-state index contributed by atoms with van der Waals surface area (Å²) in [7, 11) is 0. The lowest BCUT2D eigenvalue weighted by Crippen LogP contribution is -2.37. The number of carboxylic acids is 1. The molecule has 0 saturated carbocycles. The lowest BCUT2D eigenvalue weighted by atomic mass is 9.79. The molecule has 0 radical (unpaired) electrons. The molecule has 1 heterocycles. The van der Waals surface area contributed by atoms with Gasteiger partial charge in [0.2, 0.25) is 5.91 Å². The SMILES string of the molecule is CCC(CC)(CC(=O)NCCc1ccccn1)C(=O)O. The summed E-state index contributed by atoms with van der Waals surface area (Å²) < 4.78 is 0. The molecule has 0 aliphatic carbocycles. The summed E-state index contributed by atoms with van der Waals surface area (Å²) in [6, 6.07) is 5.63. The fraction of sp³-hybridized carbons (Fsp3) is 0.533. The number of nitrogens with zero attached hydrogens (tertiary/aromatic N) is 1. The molecule has 0 bridgehead atoms. The minimum atomic E-state index is -0.949. The molecule has 5 heteroatoms. The normalized spacial score (nSPS) is 11.1. The van der Waals surface area contributed by atoms with Crippen molar-refractivity contribution in [3.63, 3.8) is 0 Å². The van der Waals surface area contributed by atoms with Crippen LogP contribution in [0.2, 0.25) is 0 Å². The van der Waals surface area contributed by atoms with Crippen molar-refractivity contribution in [3.8, 4) is 0 Å². The Hall–Kier alpha value is -1.91. The number of hydrogen-bond acceptors (Lipinski definition) is 3. The van der Waals surface area contributed by atoms with Gasteiger partial charge < -0.3 is 10.4 Å². The molecule has 1 rings (SSSR count). The van der Waals surface area contributed by atoms with Gasteiger partial charge in [0.25, 0.3) is 0 Å². The predicted molar refractivity (Wildman–Crippen MR) is 76.2 cm³/mol. The van der Waals surface area contributed by atoms with Gasteiger partial charge in [-0.1, -0.05) is 19.9 Å². The van der Waals surface area contributed by atoms with Crippen LogP contribution in [0.4, 0.5) is 0 Å². The number of aliphatic carboxylic acids is 1. The van der Waals surface area contributed by atoms with Crippen molar-refractivity contribution in [2.75, 3.05) is 6.54 Å². The second-order valence-electron chi connectivity index (χ2n) is 4.89. The zero-order valence-corrected chi connectivity index (χ0v) is 12.1. The standard InChI is InChI=1S/C15H22N2O3/c1-3-15(4-2,14(19)20)11-13(18)17-10-8-12-7-5-6-9-16-12/h5-7,9H,3-4,8,10-11H2,1-2H3,(H,17,18)(H,19,20). The van der Waals surface area contributed by atoms with Crippen molar-refractivity contribution in [2.24, 2.45) is 5.41 Å². The van der Waals surface area contributed by atoms with E-state index < -0.39 is 11.4 Å². The van der Waals surface area contributed by atoms with Crippen LogP contribution in [-0.2, 0) is 16.0 Å². The van der Waals surface area contributed by atoms with E-state index in [0.29, 0.717) is 25.8 Å². The predicted octanol–water partition coefficient (Wildman–Crippen LogP) is 2.02. The number of pyridine rings is 1. The molecule has 1 amide bonds. The number of carbonyl (C=O) groups is 2. The Bertz CT molecular complexity index is 442. The monoisotopic (exact) mass is 278 g/mol. The summed E-state index contributed by atoms with van der Waals surface area (Å²) in [5.74, 6) is -1.12. The van der Waals surface area contributed by atoms with Crippen LogP contribution in [0.5, 0.6) is 0 Å². The Kier molecular flexibility index (Phi) is 6.15. The highest BCUT2D eigenvalue weighted by Crippen LogP contribution is 2.30. The number of hydrogen-bond donors (Lipinski definition) is 2. The van der Waals surface area contributed by atoms with Crippen LogP contribution in [-0.4, -0.2) is 28.5 Å². The summed E-state index contributed by atoms with van der Waals surface area (Å²) in [5.41, 5.74) is -0.0435. The lowest BCUT2D eigenvalue weighted by Gasteiger charge is -2.25. The molecular weight excluding hydrogens is 256 g/mol. The van der Waals surface area contributed by atoms with Gasteiger partial charge in [0.15, 0.2) is 0 Å². The summed E-state index contributed by atoms with van der Waals surface area (Å²) in [6.45, 7) is 4.08. The van der Waals surface area contributed by atoms with E-state index in [-0.39, 0.29) is 12.3 Å². The van der Waals surface area contributed by atoms with E-state index in [0.717, 1.165) is 5.69 Å². The first kappa shape index (κ1) is 16.1. The fourth-order valence-electron chi connectivity index (χ4n) is 2.12. The third kappa shape index (κ3) is 4.33. The molecule has 1 aromatic rings. The number of rotatable bonds is 8. The molecule has 0 aliphatic rings. The maximum atomic E-state index is 11.9. The second kappa shape index (κ2) is 7.62. The molecule has 110 valence electrons. The molecule has 0 saturated heterocycles. The molecule has 0 aromatic carbocycles. The number of carboxylic acid groups (broad SMARTS) is 1. The molecule has 0 unspecified atom stereocenters. The Morgan fingerprint density at radius 1 is 1.30 bits per heavy atom. The third-order valence-corrected chi connectivity index (χ3v) is 3.74.